The van der Waals surface area contributed by atoms with Crippen LogP contribution >= 0.6 is 11.6 Å². The van der Waals surface area contributed by atoms with Crippen LogP contribution in [0.3, 0.4) is 0 Å². The highest BCUT2D eigenvalue weighted by Crippen LogP contribution is 2.55. The standard InChI is InChI=1S/C26H26ClFN2O/c1-25-15-30-16-29-24(17-6-12-21(28)13-7-17)22(30)14-19(25)4-3-5-23(25)26(2,31)18-8-10-20(27)11-9-18/h6-14,16,23,31H,3-5,15H2,1-2H3/t23-,25-,26+/m0/s1. The number of aliphatic hydroxyl groups is 1. The Hall–Kier alpha value is -2.43. The Kier molecular flexibility index (Phi) is 4.83. The molecule has 0 unspecified atom stereocenters. The van der Waals surface area contributed by atoms with Crippen molar-refractivity contribution in [2.45, 2.75) is 45.3 Å². The molecule has 0 amide bonds. The summed E-state index contributed by atoms with van der Waals surface area (Å²) in [7, 11) is 0. The third-order valence-corrected chi connectivity index (χ3v) is 7.61. The number of imidazole rings is 1. The smallest absolute Gasteiger partial charge is 0.123 e. The summed E-state index contributed by atoms with van der Waals surface area (Å²) in [6, 6.07) is 14.1. The number of hydrogen-bond acceptors (Lipinski definition) is 2. The summed E-state index contributed by atoms with van der Waals surface area (Å²) in [4.78, 5) is 4.66. The molecule has 3 atom stereocenters. The Bertz CT molecular complexity index is 1150. The van der Waals surface area contributed by atoms with E-state index in [0.29, 0.717) is 5.02 Å². The van der Waals surface area contributed by atoms with E-state index < -0.39 is 5.60 Å². The van der Waals surface area contributed by atoms with Crippen molar-refractivity contribution in [2.24, 2.45) is 11.3 Å². The number of benzene rings is 2. The highest BCUT2D eigenvalue weighted by atomic mass is 35.5. The number of aromatic nitrogens is 2. The largest absolute Gasteiger partial charge is 0.385 e. The van der Waals surface area contributed by atoms with Gasteiger partial charge in [-0.25, -0.2) is 9.37 Å². The number of fused-ring (bicyclic) bond motifs is 2. The average Bonchev–Trinajstić information content (AvgIpc) is 3.14. The summed E-state index contributed by atoms with van der Waals surface area (Å²) < 4.78 is 15.6. The van der Waals surface area contributed by atoms with E-state index in [1.807, 2.05) is 37.5 Å². The third-order valence-electron chi connectivity index (χ3n) is 7.35. The van der Waals surface area contributed by atoms with Crippen LogP contribution in [0, 0.1) is 17.2 Å². The van der Waals surface area contributed by atoms with Crippen LogP contribution in [-0.2, 0) is 12.1 Å². The fourth-order valence-corrected chi connectivity index (χ4v) is 5.81. The van der Waals surface area contributed by atoms with Crippen molar-refractivity contribution < 1.29 is 9.50 Å². The zero-order valence-electron chi connectivity index (χ0n) is 17.8. The van der Waals surface area contributed by atoms with Gasteiger partial charge < -0.3 is 9.67 Å². The van der Waals surface area contributed by atoms with Gasteiger partial charge in [-0.15, -0.1) is 0 Å². The molecule has 1 aliphatic carbocycles. The van der Waals surface area contributed by atoms with Crippen molar-refractivity contribution in [1.82, 2.24) is 9.55 Å². The second kappa shape index (κ2) is 7.32. The topological polar surface area (TPSA) is 38.0 Å². The Morgan fingerprint density at radius 2 is 1.87 bits per heavy atom. The molecule has 1 saturated carbocycles. The lowest BCUT2D eigenvalue weighted by molar-refractivity contribution is -0.0713. The van der Waals surface area contributed by atoms with Crippen LogP contribution in [0.1, 0.15) is 44.4 Å². The number of nitrogens with zero attached hydrogens (tertiary/aromatic N) is 2. The fraction of sp³-hybridized carbons (Fsp3) is 0.346. The van der Waals surface area contributed by atoms with Gasteiger partial charge >= 0.3 is 0 Å². The van der Waals surface area contributed by atoms with Crippen LogP contribution in [0.5, 0.6) is 0 Å². The van der Waals surface area contributed by atoms with Gasteiger partial charge in [0.25, 0.3) is 0 Å². The summed E-state index contributed by atoms with van der Waals surface area (Å²) >= 11 is 6.08. The summed E-state index contributed by atoms with van der Waals surface area (Å²) in [6.07, 6.45) is 7.13. The highest BCUT2D eigenvalue weighted by molar-refractivity contribution is 6.30. The molecule has 1 fully saturated rings. The zero-order chi connectivity index (χ0) is 21.8. The lowest BCUT2D eigenvalue weighted by Crippen LogP contribution is -2.48. The van der Waals surface area contributed by atoms with Gasteiger partial charge in [0.05, 0.1) is 23.3 Å². The number of hydrogen-bond donors (Lipinski definition) is 1. The molecule has 1 aromatic heterocycles. The van der Waals surface area contributed by atoms with Crippen LogP contribution in [0.4, 0.5) is 4.39 Å². The molecule has 1 aliphatic heterocycles. The number of allylic oxidation sites excluding steroid dienone is 1. The van der Waals surface area contributed by atoms with Crippen molar-refractivity contribution in [2.75, 3.05) is 0 Å². The van der Waals surface area contributed by atoms with Crippen molar-refractivity contribution in [3.63, 3.8) is 0 Å². The molecule has 0 spiro atoms. The van der Waals surface area contributed by atoms with Crippen molar-refractivity contribution in [3.8, 4) is 11.3 Å². The maximum Gasteiger partial charge on any atom is 0.123 e. The first-order valence-corrected chi connectivity index (χ1v) is 11.2. The summed E-state index contributed by atoms with van der Waals surface area (Å²) in [5, 5.41) is 12.4. The first-order chi connectivity index (χ1) is 14.8. The van der Waals surface area contributed by atoms with Crippen LogP contribution in [0.15, 0.2) is 60.4 Å². The molecule has 2 aromatic carbocycles. The van der Waals surface area contributed by atoms with Crippen molar-refractivity contribution >= 4 is 17.7 Å². The van der Waals surface area contributed by atoms with Gasteiger partial charge in [-0.05, 0) is 74.2 Å². The minimum absolute atomic E-state index is 0.0611. The Morgan fingerprint density at radius 1 is 1.16 bits per heavy atom. The maximum absolute atomic E-state index is 13.4. The minimum Gasteiger partial charge on any atom is -0.385 e. The summed E-state index contributed by atoms with van der Waals surface area (Å²) in [5.41, 5.74) is 3.94. The Balaban J connectivity index is 1.55. The molecule has 3 aromatic rings. The summed E-state index contributed by atoms with van der Waals surface area (Å²) in [6.45, 7) is 4.97. The van der Waals surface area contributed by atoms with Crippen LogP contribution in [0.25, 0.3) is 17.3 Å². The Morgan fingerprint density at radius 3 is 2.58 bits per heavy atom. The van der Waals surface area contributed by atoms with Crippen LogP contribution in [-0.4, -0.2) is 14.7 Å². The summed E-state index contributed by atoms with van der Waals surface area (Å²) in [5.74, 6) is -0.187. The van der Waals surface area contributed by atoms with Crippen molar-refractivity contribution in [1.29, 1.82) is 0 Å². The molecule has 31 heavy (non-hydrogen) atoms. The lowest BCUT2D eigenvalue weighted by atomic mass is 9.57. The zero-order valence-corrected chi connectivity index (χ0v) is 18.5. The minimum atomic E-state index is -0.975. The Labute approximate surface area is 187 Å². The van der Waals surface area contributed by atoms with E-state index in [1.165, 1.54) is 17.7 Å². The van der Waals surface area contributed by atoms with Crippen LogP contribution in [0.2, 0.25) is 5.02 Å². The van der Waals surface area contributed by atoms with E-state index in [1.54, 1.807) is 12.1 Å². The van der Waals surface area contributed by atoms with E-state index in [0.717, 1.165) is 48.3 Å². The van der Waals surface area contributed by atoms with Gasteiger partial charge in [-0.1, -0.05) is 36.2 Å². The molecule has 1 N–H and O–H groups in total. The molecule has 2 aliphatic rings. The van der Waals surface area contributed by atoms with E-state index in [-0.39, 0.29) is 17.2 Å². The molecular formula is C26H26ClFN2O. The van der Waals surface area contributed by atoms with E-state index >= 15 is 0 Å². The van der Waals surface area contributed by atoms with Crippen molar-refractivity contribution in [3.05, 3.63) is 82.5 Å². The molecule has 5 rings (SSSR count). The van der Waals surface area contributed by atoms with Crippen LogP contribution < -0.4 is 0 Å². The monoisotopic (exact) mass is 436 g/mol. The van der Waals surface area contributed by atoms with Gasteiger partial charge in [-0.3, -0.25) is 0 Å². The molecular weight excluding hydrogens is 411 g/mol. The molecule has 0 bridgehead atoms. The van der Waals surface area contributed by atoms with Gasteiger partial charge in [0.2, 0.25) is 0 Å². The number of rotatable bonds is 3. The second-order valence-electron chi connectivity index (χ2n) is 9.30. The first kappa shape index (κ1) is 20.5. The molecule has 0 saturated heterocycles. The maximum atomic E-state index is 13.4. The van der Waals surface area contributed by atoms with E-state index in [9.17, 15) is 9.50 Å². The molecule has 0 radical (unpaired) electrons. The number of halogens is 2. The molecule has 2 heterocycles. The van der Waals surface area contributed by atoms with E-state index in [2.05, 4.69) is 22.6 Å². The predicted octanol–water partition coefficient (Wildman–Crippen LogP) is 6.45. The SMILES string of the molecule is C[C@]12Cn3cnc(-c4ccc(F)cc4)c3C=C1CCC[C@@H]2[C@](C)(O)c1ccc(Cl)cc1. The second-order valence-corrected chi connectivity index (χ2v) is 9.74. The lowest BCUT2D eigenvalue weighted by Gasteiger charge is -2.51. The predicted molar refractivity (Wildman–Crippen MR) is 122 cm³/mol. The average molecular weight is 437 g/mol. The fourth-order valence-electron chi connectivity index (χ4n) is 5.68. The normalized spacial score (nSPS) is 24.7. The quantitative estimate of drug-likeness (QED) is 0.512. The third kappa shape index (κ3) is 3.33. The molecule has 160 valence electrons. The highest BCUT2D eigenvalue weighted by Gasteiger charge is 2.51. The molecule has 5 heteroatoms. The van der Waals surface area contributed by atoms with Gasteiger partial charge in [0.15, 0.2) is 0 Å². The van der Waals surface area contributed by atoms with Gasteiger partial charge in [-0.2, -0.15) is 0 Å². The molecule has 3 nitrogen and oxygen atoms in total. The first-order valence-electron chi connectivity index (χ1n) is 10.8. The van der Waals surface area contributed by atoms with Gasteiger partial charge in [0.1, 0.15) is 5.82 Å². The van der Waals surface area contributed by atoms with Gasteiger partial charge in [0, 0.05) is 28.5 Å². The van der Waals surface area contributed by atoms with E-state index in [4.69, 9.17) is 11.6 Å².